The summed E-state index contributed by atoms with van der Waals surface area (Å²) < 4.78 is 0. The van der Waals surface area contributed by atoms with Crippen LogP contribution in [0.25, 0.3) is 10.9 Å². The van der Waals surface area contributed by atoms with Gasteiger partial charge in [-0.3, -0.25) is 0 Å². The van der Waals surface area contributed by atoms with Crippen LogP contribution in [0.5, 0.6) is 0 Å². The van der Waals surface area contributed by atoms with E-state index in [1.54, 1.807) is 24.4 Å². The largest absolute Gasteiger partial charge is 0.361 e. The molecule has 0 unspecified atom stereocenters. The molecule has 0 amide bonds. The molecule has 0 saturated heterocycles. The van der Waals surface area contributed by atoms with Crippen LogP contribution in [0.2, 0.25) is 0 Å². The lowest BCUT2D eigenvalue weighted by atomic mass is 10.1. The van der Waals surface area contributed by atoms with Gasteiger partial charge in [0.15, 0.2) is 0 Å². The van der Waals surface area contributed by atoms with Crippen LogP contribution in [0, 0.1) is 11.3 Å². The Hall–Kier alpha value is -2.37. The number of aromatic amines is 1. The molecule has 0 fully saturated rings. The molecule has 14 heavy (non-hydrogen) atoms. The van der Waals surface area contributed by atoms with Gasteiger partial charge in [0.25, 0.3) is 0 Å². The van der Waals surface area contributed by atoms with Crippen molar-refractivity contribution in [3.63, 3.8) is 0 Å². The Morgan fingerprint density at radius 1 is 1.43 bits per heavy atom. The van der Waals surface area contributed by atoms with Gasteiger partial charge in [0.1, 0.15) is 0 Å². The maximum atomic E-state index is 10.2. The number of H-pyrrole nitrogens is 1. The van der Waals surface area contributed by atoms with Crippen molar-refractivity contribution in [3.8, 4) is 6.07 Å². The molecule has 1 aromatic heterocycles. The van der Waals surface area contributed by atoms with Gasteiger partial charge in [-0.1, -0.05) is 0 Å². The van der Waals surface area contributed by atoms with Gasteiger partial charge in [-0.2, -0.15) is 10.3 Å². The molecule has 0 aliphatic rings. The molecule has 1 N–H and O–H groups in total. The van der Waals surface area contributed by atoms with E-state index in [0.717, 1.165) is 10.9 Å². The maximum Gasteiger partial charge on any atom is 0.240 e. The Bertz CT molecular complexity index is 571. The highest BCUT2D eigenvalue weighted by molar-refractivity contribution is 5.92. The first-order valence-corrected chi connectivity index (χ1v) is 3.94. The second-order valence-electron chi connectivity index (χ2n) is 2.75. The lowest BCUT2D eigenvalue weighted by molar-refractivity contribution is 0.565. The van der Waals surface area contributed by atoms with Crippen LogP contribution in [-0.4, -0.2) is 11.1 Å². The Morgan fingerprint density at radius 2 is 2.29 bits per heavy atom. The maximum absolute atomic E-state index is 10.2. The predicted molar refractivity (Wildman–Crippen MR) is 50.8 cm³/mol. The fraction of sp³-hybridized carbons (Fsp3) is 0. The van der Waals surface area contributed by atoms with Gasteiger partial charge < -0.3 is 4.98 Å². The monoisotopic (exact) mass is 183 g/mol. The summed E-state index contributed by atoms with van der Waals surface area (Å²) in [5, 5.41) is 9.54. The molecule has 0 bridgehead atoms. The number of carbonyl (C=O) groups excluding carboxylic acids is 1. The molecule has 0 atom stereocenters. The zero-order valence-electron chi connectivity index (χ0n) is 7.11. The Morgan fingerprint density at radius 3 is 3.00 bits per heavy atom. The van der Waals surface area contributed by atoms with E-state index in [2.05, 4.69) is 9.98 Å². The van der Waals surface area contributed by atoms with Crippen molar-refractivity contribution >= 4 is 22.7 Å². The number of rotatable bonds is 1. The van der Waals surface area contributed by atoms with E-state index >= 15 is 0 Å². The zero-order valence-corrected chi connectivity index (χ0v) is 7.11. The number of isocyanates is 1. The van der Waals surface area contributed by atoms with E-state index in [0.29, 0.717) is 11.3 Å². The van der Waals surface area contributed by atoms with E-state index in [-0.39, 0.29) is 0 Å². The average Bonchev–Trinajstić information content (AvgIpc) is 2.66. The number of benzene rings is 1. The molecule has 0 aliphatic carbocycles. The van der Waals surface area contributed by atoms with Crippen molar-refractivity contribution < 1.29 is 4.79 Å². The highest BCUT2D eigenvalue weighted by Gasteiger charge is 2.03. The molecule has 1 heterocycles. The Balaban J connectivity index is 2.84. The van der Waals surface area contributed by atoms with Crippen LogP contribution >= 0.6 is 0 Å². The summed E-state index contributed by atoms with van der Waals surface area (Å²) in [4.78, 5) is 16.6. The molecule has 0 spiro atoms. The summed E-state index contributed by atoms with van der Waals surface area (Å²) in [5.41, 5.74) is 1.72. The molecule has 0 aliphatic heterocycles. The van der Waals surface area contributed by atoms with Crippen molar-refractivity contribution in [2.45, 2.75) is 0 Å². The summed E-state index contributed by atoms with van der Waals surface area (Å²) in [5.74, 6) is 0. The Kier molecular flexibility index (Phi) is 1.87. The topological polar surface area (TPSA) is 69.0 Å². The van der Waals surface area contributed by atoms with Gasteiger partial charge in [0, 0.05) is 17.1 Å². The number of aliphatic imine (C=N–C) groups is 1. The third-order valence-electron chi connectivity index (χ3n) is 1.94. The second-order valence-corrected chi connectivity index (χ2v) is 2.75. The molecule has 2 aromatic rings. The number of hydrogen-bond donors (Lipinski definition) is 1. The molecule has 66 valence electrons. The SMILES string of the molecule is N#Cc1cc(N=C=O)c2cc[nH]c2c1. The first-order chi connectivity index (χ1) is 6.85. The summed E-state index contributed by atoms with van der Waals surface area (Å²) in [6, 6.07) is 7.06. The summed E-state index contributed by atoms with van der Waals surface area (Å²) in [6.07, 6.45) is 3.20. The number of nitrogens with zero attached hydrogens (tertiary/aromatic N) is 2. The van der Waals surface area contributed by atoms with Crippen molar-refractivity contribution in [1.82, 2.24) is 4.98 Å². The minimum atomic E-state index is 0.467. The number of fused-ring (bicyclic) bond motifs is 1. The van der Waals surface area contributed by atoms with E-state index in [9.17, 15) is 4.79 Å². The van der Waals surface area contributed by atoms with Crippen LogP contribution in [0.3, 0.4) is 0 Å². The minimum Gasteiger partial charge on any atom is -0.361 e. The highest BCUT2D eigenvalue weighted by Crippen LogP contribution is 2.26. The van der Waals surface area contributed by atoms with E-state index in [1.165, 1.54) is 6.08 Å². The third kappa shape index (κ3) is 1.18. The van der Waals surface area contributed by atoms with Gasteiger partial charge in [-0.25, -0.2) is 4.79 Å². The van der Waals surface area contributed by atoms with Crippen molar-refractivity contribution in [1.29, 1.82) is 5.26 Å². The van der Waals surface area contributed by atoms with E-state index in [1.807, 2.05) is 6.07 Å². The van der Waals surface area contributed by atoms with Crippen molar-refractivity contribution in [3.05, 3.63) is 30.0 Å². The lowest BCUT2D eigenvalue weighted by Crippen LogP contribution is -1.76. The standard InChI is InChI=1S/C10H5N3O/c11-5-7-3-9-8(1-2-12-9)10(4-7)13-6-14/h1-4,12H. The van der Waals surface area contributed by atoms with Gasteiger partial charge >= 0.3 is 0 Å². The zero-order chi connectivity index (χ0) is 9.97. The number of nitrogens with one attached hydrogen (secondary N) is 1. The molecule has 1 aromatic carbocycles. The molecular formula is C10H5N3O. The van der Waals surface area contributed by atoms with E-state index in [4.69, 9.17) is 5.26 Å². The average molecular weight is 183 g/mol. The Labute approximate surface area is 79.5 Å². The van der Waals surface area contributed by atoms with Crippen LogP contribution in [0.15, 0.2) is 29.4 Å². The number of hydrogen-bond acceptors (Lipinski definition) is 3. The van der Waals surface area contributed by atoms with Crippen LogP contribution in [0.1, 0.15) is 5.56 Å². The fourth-order valence-corrected chi connectivity index (χ4v) is 1.35. The number of nitriles is 1. The fourth-order valence-electron chi connectivity index (χ4n) is 1.35. The van der Waals surface area contributed by atoms with Gasteiger partial charge in [0.2, 0.25) is 6.08 Å². The summed E-state index contributed by atoms with van der Waals surface area (Å²) >= 11 is 0. The van der Waals surface area contributed by atoms with Crippen LogP contribution < -0.4 is 0 Å². The highest BCUT2D eigenvalue weighted by atomic mass is 16.1. The van der Waals surface area contributed by atoms with Crippen molar-refractivity contribution in [2.75, 3.05) is 0 Å². The smallest absolute Gasteiger partial charge is 0.240 e. The molecule has 0 radical (unpaired) electrons. The predicted octanol–water partition coefficient (Wildman–Crippen LogP) is 2.01. The van der Waals surface area contributed by atoms with Crippen LogP contribution in [-0.2, 0) is 4.79 Å². The normalized spacial score (nSPS) is 9.36. The number of aromatic nitrogens is 1. The van der Waals surface area contributed by atoms with Gasteiger partial charge in [-0.05, 0) is 18.2 Å². The first-order valence-electron chi connectivity index (χ1n) is 3.94. The van der Waals surface area contributed by atoms with E-state index < -0.39 is 0 Å². The molecule has 4 nitrogen and oxygen atoms in total. The minimum absolute atomic E-state index is 0.467. The molecular weight excluding hydrogens is 178 g/mol. The summed E-state index contributed by atoms with van der Waals surface area (Å²) in [6.45, 7) is 0. The molecule has 4 heteroatoms. The molecule has 2 rings (SSSR count). The third-order valence-corrected chi connectivity index (χ3v) is 1.94. The second kappa shape index (κ2) is 3.17. The quantitative estimate of drug-likeness (QED) is 0.542. The van der Waals surface area contributed by atoms with Gasteiger partial charge in [0.05, 0.1) is 17.3 Å². The summed E-state index contributed by atoms with van der Waals surface area (Å²) in [7, 11) is 0. The first kappa shape index (κ1) is 8.24. The van der Waals surface area contributed by atoms with Gasteiger partial charge in [-0.15, -0.1) is 0 Å². The van der Waals surface area contributed by atoms with Crippen molar-refractivity contribution in [2.24, 2.45) is 4.99 Å². The molecule has 0 saturated carbocycles. The lowest BCUT2D eigenvalue weighted by Gasteiger charge is -1.95. The van der Waals surface area contributed by atoms with Crippen LogP contribution in [0.4, 0.5) is 5.69 Å².